The molecule has 122 valence electrons. The Morgan fingerprint density at radius 1 is 1.25 bits per heavy atom. The predicted molar refractivity (Wildman–Crippen MR) is 98.4 cm³/mol. The van der Waals surface area contributed by atoms with Gasteiger partial charge in [0.15, 0.2) is 0 Å². The van der Waals surface area contributed by atoms with Crippen molar-refractivity contribution in [3.63, 3.8) is 0 Å². The molecular formula is C18H16BrN3O2. The second-order valence-corrected chi connectivity index (χ2v) is 6.20. The van der Waals surface area contributed by atoms with Crippen LogP contribution in [-0.4, -0.2) is 21.7 Å². The second-order valence-electron chi connectivity index (χ2n) is 5.28. The SMILES string of the molecule is CC/C(=N\NC(=O)c1cc(Br)ccc1O)c1cc2ccccc2[nH]1. The lowest BCUT2D eigenvalue weighted by Gasteiger charge is -2.05. The largest absolute Gasteiger partial charge is 0.507 e. The molecule has 6 heteroatoms. The number of phenolic OH excluding ortho intramolecular Hbond substituents is 1. The van der Waals surface area contributed by atoms with Gasteiger partial charge in [-0.15, -0.1) is 0 Å². The fraction of sp³-hybridized carbons (Fsp3) is 0.111. The third-order valence-electron chi connectivity index (χ3n) is 3.67. The van der Waals surface area contributed by atoms with Crippen LogP contribution in [0.15, 0.2) is 58.1 Å². The lowest BCUT2D eigenvalue weighted by atomic mass is 10.2. The number of rotatable bonds is 4. The lowest BCUT2D eigenvalue weighted by molar-refractivity contribution is 0.0952. The number of hydrazone groups is 1. The number of hydrogen-bond donors (Lipinski definition) is 3. The highest BCUT2D eigenvalue weighted by atomic mass is 79.9. The number of H-pyrrole nitrogens is 1. The first-order chi connectivity index (χ1) is 11.6. The minimum atomic E-state index is -0.462. The van der Waals surface area contributed by atoms with Crippen LogP contribution in [0.3, 0.4) is 0 Å². The maximum atomic E-state index is 12.2. The van der Waals surface area contributed by atoms with Crippen molar-refractivity contribution in [2.24, 2.45) is 5.10 Å². The summed E-state index contributed by atoms with van der Waals surface area (Å²) >= 11 is 3.28. The fourth-order valence-electron chi connectivity index (χ4n) is 2.43. The number of aromatic nitrogens is 1. The number of benzene rings is 2. The van der Waals surface area contributed by atoms with Crippen molar-refractivity contribution in [1.82, 2.24) is 10.4 Å². The van der Waals surface area contributed by atoms with Gasteiger partial charge in [0.2, 0.25) is 0 Å². The molecule has 0 aliphatic heterocycles. The summed E-state index contributed by atoms with van der Waals surface area (Å²) in [5, 5.41) is 15.1. The molecule has 0 bridgehead atoms. The average Bonchev–Trinajstić information content (AvgIpc) is 3.01. The smallest absolute Gasteiger partial charge is 0.275 e. The number of halogens is 1. The molecular weight excluding hydrogens is 370 g/mol. The second kappa shape index (κ2) is 6.88. The molecule has 0 atom stereocenters. The van der Waals surface area contributed by atoms with Gasteiger partial charge < -0.3 is 10.1 Å². The molecule has 3 rings (SSSR count). The number of aromatic hydroxyl groups is 1. The van der Waals surface area contributed by atoms with Crippen LogP contribution in [0.1, 0.15) is 29.4 Å². The number of phenols is 1. The minimum Gasteiger partial charge on any atom is -0.507 e. The molecule has 0 spiro atoms. The number of fused-ring (bicyclic) bond motifs is 1. The zero-order valence-corrected chi connectivity index (χ0v) is 14.6. The van der Waals surface area contributed by atoms with Gasteiger partial charge in [-0.2, -0.15) is 5.10 Å². The molecule has 0 aliphatic rings. The molecule has 0 saturated carbocycles. The van der Waals surface area contributed by atoms with Crippen LogP contribution in [0, 0.1) is 0 Å². The molecule has 2 aromatic carbocycles. The van der Waals surface area contributed by atoms with E-state index in [1.807, 2.05) is 37.3 Å². The summed E-state index contributed by atoms with van der Waals surface area (Å²) in [6.07, 6.45) is 0.650. The molecule has 0 fully saturated rings. The number of amides is 1. The highest BCUT2D eigenvalue weighted by molar-refractivity contribution is 9.10. The molecule has 1 amide bonds. The normalized spacial score (nSPS) is 11.7. The molecule has 5 nitrogen and oxygen atoms in total. The van der Waals surface area contributed by atoms with Gasteiger partial charge in [-0.05, 0) is 36.8 Å². The van der Waals surface area contributed by atoms with E-state index in [4.69, 9.17) is 0 Å². The predicted octanol–water partition coefficient (Wildman–Crippen LogP) is 4.18. The maximum Gasteiger partial charge on any atom is 0.275 e. The Labute approximate surface area is 147 Å². The number of nitrogens with one attached hydrogen (secondary N) is 2. The van der Waals surface area contributed by atoms with Crippen molar-refractivity contribution in [1.29, 1.82) is 0 Å². The Bertz CT molecular complexity index is 898. The van der Waals surface area contributed by atoms with Gasteiger partial charge in [0.05, 0.1) is 17.0 Å². The summed E-state index contributed by atoms with van der Waals surface area (Å²) in [6, 6.07) is 14.6. The van der Waals surface area contributed by atoms with Crippen molar-refractivity contribution in [3.8, 4) is 5.75 Å². The van der Waals surface area contributed by atoms with Gasteiger partial charge in [0.25, 0.3) is 5.91 Å². The van der Waals surface area contributed by atoms with Crippen molar-refractivity contribution in [2.75, 3.05) is 0 Å². The Morgan fingerprint density at radius 2 is 2.04 bits per heavy atom. The molecule has 0 aliphatic carbocycles. The van der Waals surface area contributed by atoms with E-state index in [0.717, 1.165) is 22.3 Å². The van der Waals surface area contributed by atoms with Crippen LogP contribution in [0.25, 0.3) is 10.9 Å². The molecule has 3 aromatic rings. The van der Waals surface area contributed by atoms with Crippen LogP contribution in [0.5, 0.6) is 5.75 Å². The highest BCUT2D eigenvalue weighted by Crippen LogP contribution is 2.22. The first-order valence-electron chi connectivity index (χ1n) is 7.52. The molecule has 0 saturated heterocycles. The quantitative estimate of drug-likeness (QED) is 0.465. The zero-order valence-electron chi connectivity index (χ0n) is 13.0. The first kappa shape index (κ1) is 16.3. The van der Waals surface area contributed by atoms with E-state index in [0.29, 0.717) is 10.9 Å². The Morgan fingerprint density at radius 3 is 2.79 bits per heavy atom. The van der Waals surface area contributed by atoms with Crippen LogP contribution < -0.4 is 5.43 Å². The average molecular weight is 386 g/mol. The van der Waals surface area contributed by atoms with Crippen molar-refractivity contribution < 1.29 is 9.90 Å². The van der Waals surface area contributed by atoms with Gasteiger partial charge in [-0.25, -0.2) is 5.43 Å². The van der Waals surface area contributed by atoms with E-state index in [-0.39, 0.29) is 11.3 Å². The van der Waals surface area contributed by atoms with Crippen molar-refractivity contribution in [2.45, 2.75) is 13.3 Å². The number of para-hydroxylation sites is 1. The molecule has 3 N–H and O–H groups in total. The fourth-order valence-corrected chi connectivity index (χ4v) is 2.79. The third kappa shape index (κ3) is 3.33. The monoisotopic (exact) mass is 385 g/mol. The van der Waals surface area contributed by atoms with E-state index in [9.17, 15) is 9.90 Å². The molecule has 1 heterocycles. The lowest BCUT2D eigenvalue weighted by Crippen LogP contribution is -2.20. The summed E-state index contributed by atoms with van der Waals surface area (Å²) in [7, 11) is 0. The van der Waals surface area contributed by atoms with Gasteiger partial charge >= 0.3 is 0 Å². The number of hydrogen-bond acceptors (Lipinski definition) is 3. The van der Waals surface area contributed by atoms with E-state index in [1.165, 1.54) is 6.07 Å². The third-order valence-corrected chi connectivity index (χ3v) is 4.16. The minimum absolute atomic E-state index is 0.0884. The Kier molecular flexibility index (Phi) is 4.66. The molecule has 0 unspecified atom stereocenters. The summed E-state index contributed by atoms with van der Waals surface area (Å²) in [4.78, 5) is 15.5. The number of nitrogens with zero attached hydrogens (tertiary/aromatic N) is 1. The number of aromatic amines is 1. The van der Waals surface area contributed by atoms with E-state index < -0.39 is 5.91 Å². The number of carbonyl (C=O) groups excluding carboxylic acids is 1. The van der Waals surface area contributed by atoms with Crippen molar-refractivity contribution in [3.05, 3.63) is 64.3 Å². The van der Waals surface area contributed by atoms with Crippen LogP contribution in [0.2, 0.25) is 0 Å². The van der Waals surface area contributed by atoms with Crippen LogP contribution in [-0.2, 0) is 0 Å². The van der Waals surface area contributed by atoms with Crippen LogP contribution >= 0.6 is 15.9 Å². The van der Waals surface area contributed by atoms with Gasteiger partial charge in [-0.3, -0.25) is 4.79 Å². The Balaban J connectivity index is 1.85. The van der Waals surface area contributed by atoms with E-state index >= 15 is 0 Å². The van der Waals surface area contributed by atoms with Gasteiger partial charge in [0.1, 0.15) is 5.75 Å². The Hall–Kier alpha value is -2.60. The topological polar surface area (TPSA) is 77.5 Å². The standard InChI is InChI=1S/C18H16BrN3O2/c1-2-14(16-9-11-5-3-4-6-15(11)20-16)21-22-18(24)13-10-12(19)7-8-17(13)23/h3-10,20,23H,2H2,1H3,(H,22,24)/b21-14+. The summed E-state index contributed by atoms with van der Waals surface area (Å²) in [6.45, 7) is 1.97. The summed E-state index contributed by atoms with van der Waals surface area (Å²) in [5.41, 5.74) is 5.28. The molecule has 0 radical (unpaired) electrons. The molecule has 24 heavy (non-hydrogen) atoms. The van der Waals surface area contributed by atoms with Crippen LogP contribution in [0.4, 0.5) is 0 Å². The molecule has 1 aromatic heterocycles. The van der Waals surface area contributed by atoms with Crippen molar-refractivity contribution >= 4 is 38.5 Å². The first-order valence-corrected chi connectivity index (χ1v) is 8.31. The highest BCUT2D eigenvalue weighted by Gasteiger charge is 2.12. The van der Waals surface area contributed by atoms with Gasteiger partial charge in [-0.1, -0.05) is 41.1 Å². The van der Waals surface area contributed by atoms with E-state index in [2.05, 4.69) is 31.4 Å². The summed E-state index contributed by atoms with van der Waals surface area (Å²) in [5.74, 6) is -0.551. The maximum absolute atomic E-state index is 12.2. The zero-order chi connectivity index (χ0) is 17.1. The number of carbonyl (C=O) groups is 1. The van der Waals surface area contributed by atoms with E-state index in [1.54, 1.807) is 12.1 Å². The van der Waals surface area contributed by atoms with Gasteiger partial charge in [0, 0.05) is 15.4 Å². The summed E-state index contributed by atoms with van der Waals surface area (Å²) < 4.78 is 0.709.